The van der Waals surface area contributed by atoms with E-state index in [0.29, 0.717) is 4.47 Å². The van der Waals surface area contributed by atoms with Crippen LogP contribution in [0, 0.1) is 5.82 Å². The Bertz CT molecular complexity index is 461. The van der Waals surface area contributed by atoms with Crippen molar-refractivity contribution in [2.24, 2.45) is 0 Å². The fourth-order valence-corrected chi connectivity index (χ4v) is 2.86. The second-order valence-electron chi connectivity index (χ2n) is 4.56. The van der Waals surface area contributed by atoms with Gasteiger partial charge in [0.05, 0.1) is 10.6 Å². The largest absolute Gasteiger partial charge is 0.349 e. The zero-order valence-electron chi connectivity index (χ0n) is 9.81. The lowest BCUT2D eigenvalue weighted by Gasteiger charge is -2.23. The van der Waals surface area contributed by atoms with Crippen LogP contribution < -0.4 is 5.32 Å². The first kappa shape index (κ1) is 13.8. The summed E-state index contributed by atoms with van der Waals surface area (Å²) >= 11 is 9.14. The second-order valence-corrected chi connectivity index (χ2v) is 5.79. The standard InChI is InChI=1S/C13H14BrClFNO/c14-11-7-8(16)6-10(12(11)15)13(18)17-9-4-2-1-3-5-9/h6-7,9H,1-5H2,(H,17,18). The second kappa shape index (κ2) is 6.02. The average molecular weight is 335 g/mol. The number of amides is 1. The molecule has 1 aromatic carbocycles. The zero-order valence-corrected chi connectivity index (χ0v) is 12.2. The van der Waals surface area contributed by atoms with Crippen molar-refractivity contribution in [2.75, 3.05) is 0 Å². The van der Waals surface area contributed by atoms with Gasteiger partial charge in [-0.1, -0.05) is 30.9 Å². The summed E-state index contributed by atoms with van der Waals surface area (Å²) < 4.78 is 13.7. The third-order valence-corrected chi connectivity index (χ3v) is 4.44. The number of carbonyl (C=O) groups excluding carboxylic acids is 1. The minimum absolute atomic E-state index is 0.185. The van der Waals surface area contributed by atoms with E-state index in [0.717, 1.165) is 25.7 Å². The fourth-order valence-electron chi connectivity index (χ4n) is 2.23. The number of hydrogen-bond donors (Lipinski definition) is 1. The molecule has 1 fully saturated rings. The van der Waals surface area contributed by atoms with Gasteiger partial charge in [-0.05, 0) is 40.9 Å². The van der Waals surface area contributed by atoms with Gasteiger partial charge in [0, 0.05) is 10.5 Å². The molecular formula is C13H14BrClFNO. The van der Waals surface area contributed by atoms with Crippen LogP contribution in [0.5, 0.6) is 0 Å². The van der Waals surface area contributed by atoms with Gasteiger partial charge in [0.2, 0.25) is 0 Å². The number of benzene rings is 1. The Morgan fingerprint density at radius 3 is 2.67 bits per heavy atom. The number of nitrogens with one attached hydrogen (secondary N) is 1. The maximum Gasteiger partial charge on any atom is 0.253 e. The molecule has 1 saturated carbocycles. The lowest BCUT2D eigenvalue weighted by molar-refractivity contribution is 0.0927. The van der Waals surface area contributed by atoms with E-state index in [-0.39, 0.29) is 22.5 Å². The molecule has 0 heterocycles. The molecule has 2 nitrogen and oxygen atoms in total. The van der Waals surface area contributed by atoms with Gasteiger partial charge in [-0.15, -0.1) is 0 Å². The van der Waals surface area contributed by atoms with E-state index < -0.39 is 5.82 Å². The van der Waals surface area contributed by atoms with Crippen molar-refractivity contribution in [2.45, 2.75) is 38.1 Å². The van der Waals surface area contributed by atoms with Crippen molar-refractivity contribution in [3.8, 4) is 0 Å². The van der Waals surface area contributed by atoms with Crippen LogP contribution in [-0.2, 0) is 0 Å². The summed E-state index contributed by atoms with van der Waals surface area (Å²) in [5.41, 5.74) is 0.189. The van der Waals surface area contributed by atoms with Gasteiger partial charge in [0.25, 0.3) is 5.91 Å². The highest BCUT2D eigenvalue weighted by atomic mass is 79.9. The van der Waals surface area contributed by atoms with Gasteiger partial charge in [-0.3, -0.25) is 4.79 Å². The van der Waals surface area contributed by atoms with Gasteiger partial charge in [-0.2, -0.15) is 0 Å². The molecule has 1 amide bonds. The highest BCUT2D eigenvalue weighted by molar-refractivity contribution is 9.10. The molecule has 1 aromatic rings. The molecule has 0 atom stereocenters. The van der Waals surface area contributed by atoms with Gasteiger partial charge in [0.15, 0.2) is 0 Å². The lowest BCUT2D eigenvalue weighted by atomic mass is 9.95. The van der Waals surface area contributed by atoms with Crippen LogP contribution in [-0.4, -0.2) is 11.9 Å². The minimum Gasteiger partial charge on any atom is -0.349 e. The van der Waals surface area contributed by atoms with E-state index in [1.165, 1.54) is 18.6 Å². The zero-order chi connectivity index (χ0) is 13.1. The molecule has 0 unspecified atom stereocenters. The Hall–Kier alpha value is -0.610. The van der Waals surface area contributed by atoms with E-state index >= 15 is 0 Å². The maximum absolute atomic E-state index is 13.3. The molecule has 0 bridgehead atoms. The normalized spacial score (nSPS) is 16.6. The van der Waals surface area contributed by atoms with Crippen LogP contribution in [0.2, 0.25) is 5.02 Å². The smallest absolute Gasteiger partial charge is 0.253 e. The van der Waals surface area contributed by atoms with Crippen LogP contribution in [0.4, 0.5) is 4.39 Å². The van der Waals surface area contributed by atoms with Gasteiger partial charge < -0.3 is 5.32 Å². The molecule has 0 aliphatic heterocycles. The summed E-state index contributed by atoms with van der Waals surface area (Å²) in [6.45, 7) is 0. The van der Waals surface area contributed by atoms with Crippen molar-refractivity contribution in [1.29, 1.82) is 0 Å². The molecule has 1 aliphatic rings. The summed E-state index contributed by atoms with van der Waals surface area (Å²) in [6.07, 6.45) is 5.45. The Kier molecular flexibility index (Phi) is 4.62. The summed E-state index contributed by atoms with van der Waals surface area (Å²) in [7, 11) is 0. The van der Waals surface area contributed by atoms with Crippen LogP contribution in [0.1, 0.15) is 42.5 Å². The molecular weight excluding hydrogens is 321 g/mol. The summed E-state index contributed by atoms with van der Waals surface area (Å²) in [4.78, 5) is 12.1. The van der Waals surface area contributed by atoms with Crippen molar-refractivity contribution in [3.05, 3.63) is 33.0 Å². The Morgan fingerprint density at radius 2 is 2.00 bits per heavy atom. The summed E-state index contributed by atoms with van der Waals surface area (Å²) in [5, 5.41) is 3.17. The molecule has 5 heteroatoms. The lowest BCUT2D eigenvalue weighted by Crippen LogP contribution is -2.36. The van der Waals surface area contributed by atoms with Crippen LogP contribution >= 0.6 is 27.5 Å². The number of halogens is 3. The topological polar surface area (TPSA) is 29.1 Å². The van der Waals surface area contributed by atoms with Crippen LogP contribution in [0.25, 0.3) is 0 Å². The highest BCUT2D eigenvalue weighted by Gasteiger charge is 2.19. The molecule has 1 N–H and O–H groups in total. The molecule has 0 saturated heterocycles. The third-order valence-electron chi connectivity index (χ3n) is 3.18. The fraction of sp³-hybridized carbons (Fsp3) is 0.462. The molecule has 1 aliphatic carbocycles. The third kappa shape index (κ3) is 3.23. The van der Waals surface area contributed by atoms with E-state index in [4.69, 9.17) is 11.6 Å². The van der Waals surface area contributed by atoms with Crippen LogP contribution in [0.3, 0.4) is 0 Å². The maximum atomic E-state index is 13.3. The Labute approximate surface area is 119 Å². The van der Waals surface area contributed by atoms with Crippen LogP contribution in [0.15, 0.2) is 16.6 Å². The van der Waals surface area contributed by atoms with Gasteiger partial charge in [0.1, 0.15) is 5.82 Å². The van der Waals surface area contributed by atoms with Gasteiger partial charge in [-0.25, -0.2) is 4.39 Å². The molecule has 0 spiro atoms. The van der Waals surface area contributed by atoms with E-state index in [1.807, 2.05) is 0 Å². The molecule has 18 heavy (non-hydrogen) atoms. The van der Waals surface area contributed by atoms with E-state index in [1.54, 1.807) is 0 Å². The van der Waals surface area contributed by atoms with Crippen molar-refractivity contribution < 1.29 is 9.18 Å². The first-order chi connectivity index (χ1) is 8.58. The number of carbonyl (C=O) groups is 1. The predicted molar refractivity (Wildman–Crippen MR) is 73.4 cm³/mol. The summed E-state index contributed by atoms with van der Waals surface area (Å²) in [6, 6.07) is 2.61. The highest BCUT2D eigenvalue weighted by Crippen LogP contribution is 2.28. The Balaban J connectivity index is 2.13. The molecule has 0 radical (unpaired) electrons. The van der Waals surface area contributed by atoms with E-state index in [2.05, 4.69) is 21.2 Å². The molecule has 2 rings (SSSR count). The SMILES string of the molecule is O=C(NC1CCCCC1)c1cc(F)cc(Br)c1Cl. The number of hydrogen-bond acceptors (Lipinski definition) is 1. The first-order valence-electron chi connectivity index (χ1n) is 6.03. The van der Waals surface area contributed by atoms with Crippen molar-refractivity contribution in [1.82, 2.24) is 5.32 Å². The quantitative estimate of drug-likeness (QED) is 0.803. The number of rotatable bonds is 2. The van der Waals surface area contributed by atoms with Gasteiger partial charge >= 0.3 is 0 Å². The van der Waals surface area contributed by atoms with E-state index in [9.17, 15) is 9.18 Å². The van der Waals surface area contributed by atoms with Crippen molar-refractivity contribution >= 4 is 33.4 Å². The van der Waals surface area contributed by atoms with Crippen molar-refractivity contribution in [3.63, 3.8) is 0 Å². The summed E-state index contributed by atoms with van der Waals surface area (Å²) in [5.74, 6) is -0.771. The Morgan fingerprint density at radius 1 is 1.33 bits per heavy atom. The predicted octanol–water partition coefficient (Wildman–Crippen LogP) is 4.30. The first-order valence-corrected chi connectivity index (χ1v) is 7.20. The average Bonchev–Trinajstić information content (AvgIpc) is 2.35. The molecule has 98 valence electrons. The molecule has 0 aromatic heterocycles. The monoisotopic (exact) mass is 333 g/mol. The minimum atomic E-state index is -0.472.